The molecule has 0 saturated heterocycles. The van der Waals surface area contributed by atoms with Gasteiger partial charge in [0.05, 0.1) is 0 Å². The van der Waals surface area contributed by atoms with Crippen LogP contribution < -0.4 is 0 Å². The lowest BCUT2D eigenvalue weighted by Gasteiger charge is -2.27. The van der Waals surface area contributed by atoms with Crippen LogP contribution in [0.5, 0.6) is 0 Å². The SMILES string of the molecule is CCC(=O)OC1CCC(OC(C)=O)CC1. The molecule has 1 aliphatic carbocycles. The molecule has 15 heavy (non-hydrogen) atoms. The molecule has 0 N–H and O–H groups in total. The van der Waals surface area contributed by atoms with Gasteiger partial charge in [-0.25, -0.2) is 0 Å². The van der Waals surface area contributed by atoms with Gasteiger partial charge in [0.2, 0.25) is 0 Å². The van der Waals surface area contributed by atoms with Crippen molar-refractivity contribution in [3.8, 4) is 0 Å². The van der Waals surface area contributed by atoms with Crippen molar-refractivity contribution < 1.29 is 19.1 Å². The summed E-state index contributed by atoms with van der Waals surface area (Å²) in [5.74, 6) is -0.380. The van der Waals surface area contributed by atoms with Crippen molar-refractivity contribution in [2.24, 2.45) is 0 Å². The molecule has 0 heterocycles. The van der Waals surface area contributed by atoms with Crippen molar-refractivity contribution in [1.29, 1.82) is 0 Å². The Balaban J connectivity index is 2.23. The van der Waals surface area contributed by atoms with E-state index in [0.717, 1.165) is 25.7 Å². The van der Waals surface area contributed by atoms with Gasteiger partial charge >= 0.3 is 11.9 Å². The summed E-state index contributed by atoms with van der Waals surface area (Å²) in [6, 6.07) is 0. The molecule has 0 radical (unpaired) electrons. The standard InChI is InChI=1S/C11H18O4/c1-3-11(13)15-10-6-4-9(5-7-10)14-8(2)12/h9-10H,3-7H2,1-2H3. The Morgan fingerprint density at radius 1 is 1.07 bits per heavy atom. The second-order valence-electron chi connectivity index (χ2n) is 3.85. The molecular weight excluding hydrogens is 196 g/mol. The summed E-state index contributed by atoms with van der Waals surface area (Å²) < 4.78 is 10.3. The summed E-state index contributed by atoms with van der Waals surface area (Å²) in [7, 11) is 0. The number of ether oxygens (including phenoxy) is 2. The maximum absolute atomic E-state index is 11.0. The third-order valence-corrected chi connectivity index (χ3v) is 2.54. The van der Waals surface area contributed by atoms with E-state index in [2.05, 4.69) is 0 Å². The van der Waals surface area contributed by atoms with Crippen LogP contribution in [0, 0.1) is 0 Å². The summed E-state index contributed by atoms with van der Waals surface area (Å²) in [6.45, 7) is 3.20. The molecule has 4 heteroatoms. The highest BCUT2D eigenvalue weighted by atomic mass is 16.6. The van der Waals surface area contributed by atoms with Crippen LogP contribution in [-0.2, 0) is 19.1 Å². The zero-order valence-corrected chi connectivity index (χ0v) is 9.32. The van der Waals surface area contributed by atoms with E-state index in [1.54, 1.807) is 6.92 Å². The molecule has 4 nitrogen and oxygen atoms in total. The van der Waals surface area contributed by atoms with E-state index >= 15 is 0 Å². The van der Waals surface area contributed by atoms with E-state index < -0.39 is 0 Å². The largest absolute Gasteiger partial charge is 0.463 e. The Morgan fingerprint density at radius 2 is 1.53 bits per heavy atom. The molecule has 1 aliphatic rings. The van der Waals surface area contributed by atoms with Gasteiger partial charge in [-0.2, -0.15) is 0 Å². The minimum Gasteiger partial charge on any atom is -0.463 e. The van der Waals surface area contributed by atoms with Crippen molar-refractivity contribution >= 4 is 11.9 Å². The molecule has 1 saturated carbocycles. The van der Waals surface area contributed by atoms with Crippen LogP contribution in [-0.4, -0.2) is 24.1 Å². The molecule has 0 amide bonds. The van der Waals surface area contributed by atoms with Crippen LogP contribution in [0.25, 0.3) is 0 Å². The predicted molar refractivity (Wildman–Crippen MR) is 54.2 cm³/mol. The summed E-state index contributed by atoms with van der Waals surface area (Å²) in [6.07, 6.45) is 3.63. The fraction of sp³-hybridized carbons (Fsp3) is 0.818. The third kappa shape index (κ3) is 4.32. The Labute approximate surface area is 89.9 Å². The molecule has 0 aromatic heterocycles. The van der Waals surface area contributed by atoms with Crippen LogP contribution in [0.3, 0.4) is 0 Å². The van der Waals surface area contributed by atoms with E-state index in [-0.39, 0.29) is 24.1 Å². The first kappa shape index (κ1) is 12.0. The molecule has 0 atom stereocenters. The van der Waals surface area contributed by atoms with Crippen LogP contribution >= 0.6 is 0 Å². The molecule has 0 aliphatic heterocycles. The Hall–Kier alpha value is -1.06. The number of rotatable bonds is 3. The number of hydrogen-bond acceptors (Lipinski definition) is 4. The predicted octanol–water partition coefficient (Wildman–Crippen LogP) is 1.81. The number of carbonyl (C=O) groups excluding carboxylic acids is 2. The molecule has 0 spiro atoms. The van der Waals surface area contributed by atoms with Crippen molar-refractivity contribution in [2.75, 3.05) is 0 Å². The fourth-order valence-corrected chi connectivity index (χ4v) is 1.77. The highest BCUT2D eigenvalue weighted by molar-refractivity contribution is 5.69. The van der Waals surface area contributed by atoms with Gasteiger partial charge in [-0.15, -0.1) is 0 Å². The Morgan fingerprint density at radius 3 is 1.93 bits per heavy atom. The van der Waals surface area contributed by atoms with Crippen molar-refractivity contribution in [2.45, 2.75) is 58.2 Å². The average Bonchev–Trinajstić information content (AvgIpc) is 2.20. The van der Waals surface area contributed by atoms with Gasteiger partial charge in [-0.1, -0.05) is 6.92 Å². The summed E-state index contributed by atoms with van der Waals surface area (Å²) in [5, 5.41) is 0. The van der Waals surface area contributed by atoms with Crippen LogP contribution in [0.4, 0.5) is 0 Å². The van der Waals surface area contributed by atoms with E-state index in [1.807, 2.05) is 0 Å². The lowest BCUT2D eigenvalue weighted by atomic mass is 9.95. The number of hydrogen-bond donors (Lipinski definition) is 0. The van der Waals surface area contributed by atoms with Gasteiger partial charge in [-0.05, 0) is 25.7 Å². The van der Waals surface area contributed by atoms with Crippen LogP contribution in [0.1, 0.15) is 46.0 Å². The number of carbonyl (C=O) groups is 2. The zero-order chi connectivity index (χ0) is 11.3. The minimum atomic E-state index is -0.232. The van der Waals surface area contributed by atoms with Gasteiger partial charge in [0, 0.05) is 13.3 Å². The lowest BCUT2D eigenvalue weighted by molar-refractivity contribution is -0.156. The molecule has 0 aromatic carbocycles. The van der Waals surface area contributed by atoms with Gasteiger partial charge in [0.15, 0.2) is 0 Å². The molecule has 86 valence electrons. The first-order chi connectivity index (χ1) is 7.11. The highest BCUT2D eigenvalue weighted by Gasteiger charge is 2.24. The maximum atomic E-state index is 11.0. The van der Waals surface area contributed by atoms with E-state index in [9.17, 15) is 9.59 Å². The van der Waals surface area contributed by atoms with E-state index in [1.165, 1.54) is 6.92 Å². The molecule has 1 fully saturated rings. The summed E-state index contributed by atoms with van der Waals surface area (Å²) in [5.41, 5.74) is 0. The Bertz CT molecular complexity index is 229. The van der Waals surface area contributed by atoms with Gasteiger partial charge in [0.25, 0.3) is 0 Å². The number of esters is 2. The van der Waals surface area contributed by atoms with E-state index in [0.29, 0.717) is 6.42 Å². The molecule has 0 unspecified atom stereocenters. The van der Waals surface area contributed by atoms with E-state index in [4.69, 9.17) is 9.47 Å². The maximum Gasteiger partial charge on any atom is 0.305 e. The lowest BCUT2D eigenvalue weighted by Crippen LogP contribution is -2.29. The third-order valence-electron chi connectivity index (χ3n) is 2.54. The smallest absolute Gasteiger partial charge is 0.305 e. The summed E-state index contributed by atoms with van der Waals surface area (Å²) in [4.78, 5) is 21.7. The molecule has 1 rings (SSSR count). The summed E-state index contributed by atoms with van der Waals surface area (Å²) >= 11 is 0. The van der Waals surface area contributed by atoms with Crippen molar-refractivity contribution in [3.63, 3.8) is 0 Å². The van der Waals surface area contributed by atoms with Crippen LogP contribution in [0.2, 0.25) is 0 Å². The fourth-order valence-electron chi connectivity index (χ4n) is 1.77. The zero-order valence-electron chi connectivity index (χ0n) is 9.32. The quantitative estimate of drug-likeness (QED) is 0.672. The minimum absolute atomic E-state index is 0.0130. The topological polar surface area (TPSA) is 52.6 Å². The molecular formula is C11H18O4. The van der Waals surface area contributed by atoms with Gasteiger partial charge in [-0.3, -0.25) is 9.59 Å². The highest BCUT2D eigenvalue weighted by Crippen LogP contribution is 2.23. The van der Waals surface area contributed by atoms with Crippen LogP contribution in [0.15, 0.2) is 0 Å². The Kier molecular flexibility index (Phi) is 4.59. The second-order valence-corrected chi connectivity index (χ2v) is 3.85. The van der Waals surface area contributed by atoms with Gasteiger partial charge in [0.1, 0.15) is 12.2 Å². The monoisotopic (exact) mass is 214 g/mol. The van der Waals surface area contributed by atoms with Gasteiger partial charge < -0.3 is 9.47 Å². The first-order valence-electron chi connectivity index (χ1n) is 5.48. The van der Waals surface area contributed by atoms with Crippen molar-refractivity contribution in [1.82, 2.24) is 0 Å². The first-order valence-corrected chi connectivity index (χ1v) is 5.48. The molecule has 0 aromatic rings. The average molecular weight is 214 g/mol. The van der Waals surface area contributed by atoms with Crippen molar-refractivity contribution in [3.05, 3.63) is 0 Å². The molecule has 0 bridgehead atoms. The second kappa shape index (κ2) is 5.73. The normalized spacial score (nSPS) is 25.7.